The molecule has 32 heteroatoms. The average Bonchev–Trinajstić information content (AvgIpc) is 4.17. The number of thioether (sulfide) groups is 1. The van der Waals surface area contributed by atoms with Crippen molar-refractivity contribution in [1.29, 1.82) is 0 Å². The molecule has 1 heterocycles. The number of H-pyrrole nitrogens is 1. The summed E-state index contributed by atoms with van der Waals surface area (Å²) in [6, 6.07) is 9.91. The number of rotatable bonds is 38. The van der Waals surface area contributed by atoms with E-state index < -0.39 is 145 Å². The molecule has 0 radical (unpaired) electrons. The number of guanidine groups is 1. The Kier molecular flexibility index (Phi) is 29.3. The van der Waals surface area contributed by atoms with E-state index in [0.717, 1.165) is 0 Å². The van der Waals surface area contributed by atoms with E-state index in [1.165, 1.54) is 48.6 Å². The molecule has 0 fully saturated rings. The average molecular weight is 1240 g/mol. The Morgan fingerprint density at radius 2 is 0.966 bits per heavy atom. The molecule has 0 bridgehead atoms. The van der Waals surface area contributed by atoms with Gasteiger partial charge in [0.15, 0.2) is 5.96 Å². The van der Waals surface area contributed by atoms with Crippen LogP contribution in [0.2, 0.25) is 0 Å². The molecule has 0 aliphatic rings. The summed E-state index contributed by atoms with van der Waals surface area (Å²) in [5, 5.41) is 60.3. The number of carbonyl (C=O) groups excluding carboxylic acids is 9. The maximum Gasteiger partial charge on any atom is 0.322 e. The van der Waals surface area contributed by atoms with Crippen molar-refractivity contribution < 1.29 is 78.0 Å². The summed E-state index contributed by atoms with van der Waals surface area (Å²) in [6.07, 6.45) is 1.53. The van der Waals surface area contributed by atoms with E-state index in [0.29, 0.717) is 22.4 Å². The Morgan fingerprint density at radius 3 is 1.45 bits per heavy atom. The predicted molar refractivity (Wildman–Crippen MR) is 317 cm³/mol. The smallest absolute Gasteiger partial charge is 0.322 e. The monoisotopic (exact) mass is 1240 g/mol. The van der Waals surface area contributed by atoms with E-state index in [2.05, 4.69) is 62.8 Å². The standard InChI is InChI=1S/C56H73N15O16S/c1-88-20-18-38(52(84)66-37(13-8-19-61-56(58)59)51(83)69-39(50(82)63-29-47(78)79)22-32-11-6-3-7-12-32)67-53(85)41(24-34-27-60-30-64-34)65-44(73)28-62-49(81)40(23-33-14-16-35(72)17-15-33)70-55(87)43(26-46(76)77)71-54(86)42(25-45(74)75)68-48(80)36(57)21-31-9-4-2-5-10-31/h2-7,9-12,14-17,27,30,36-43,72H,8,13,18-26,28-29,57H2,1H3,(H,60,64)(H,62,81)(H,63,82)(H,65,73)(H,66,84)(H,67,85)(H,68,80)(H,69,83)(H,70,87)(H,71,86)(H,74,75)(H,76,77)(H,78,79)(H4,58,59,61)/t36-,37-,38-,39-,40-,41-,42-,43-/m0/s1. The quantitative estimate of drug-likeness (QED) is 0.0116. The first-order chi connectivity index (χ1) is 41.9. The lowest BCUT2D eigenvalue weighted by Crippen LogP contribution is -2.59. The van der Waals surface area contributed by atoms with Gasteiger partial charge >= 0.3 is 17.9 Å². The van der Waals surface area contributed by atoms with Gasteiger partial charge in [0.1, 0.15) is 54.6 Å². The minimum absolute atomic E-state index is 0.00838. The molecule has 8 atom stereocenters. The van der Waals surface area contributed by atoms with Crippen LogP contribution < -0.4 is 65.1 Å². The summed E-state index contributed by atoms with van der Waals surface area (Å²) in [5.74, 6) is -13.7. The number of aliphatic imine (C=N–C) groups is 1. The zero-order valence-electron chi connectivity index (χ0n) is 47.8. The van der Waals surface area contributed by atoms with Crippen LogP contribution >= 0.6 is 11.8 Å². The van der Waals surface area contributed by atoms with Gasteiger partial charge in [0.25, 0.3) is 0 Å². The summed E-state index contributed by atoms with van der Waals surface area (Å²) in [7, 11) is 0. The molecule has 474 valence electrons. The SMILES string of the molecule is CSCC[C@H](NC(=O)[C@H](Cc1cnc[nH]1)NC(=O)CNC(=O)[C@H](Cc1ccc(O)cc1)NC(=O)[C@H](CC(=O)O)NC(=O)[C@H](CC(=O)O)NC(=O)[C@@H](N)Cc1ccccc1)C(=O)N[C@@H](CCCN=C(N)N)C(=O)N[C@@H](Cc1ccccc1)C(=O)NCC(=O)O. The normalized spacial score (nSPS) is 13.5. The summed E-state index contributed by atoms with van der Waals surface area (Å²) in [5.41, 5.74) is 18.9. The molecule has 9 amide bonds. The van der Waals surface area contributed by atoms with Gasteiger partial charge in [-0.2, -0.15) is 11.8 Å². The number of carboxylic acids is 3. The van der Waals surface area contributed by atoms with Gasteiger partial charge in [-0.15, -0.1) is 0 Å². The molecule has 0 aliphatic heterocycles. The maximum absolute atomic E-state index is 14.3. The Labute approximate surface area is 508 Å². The van der Waals surface area contributed by atoms with E-state index in [-0.39, 0.29) is 69.0 Å². The van der Waals surface area contributed by atoms with E-state index in [4.69, 9.17) is 17.2 Å². The van der Waals surface area contributed by atoms with Gasteiger partial charge in [0.2, 0.25) is 53.2 Å². The van der Waals surface area contributed by atoms with Crippen LogP contribution in [0.5, 0.6) is 5.75 Å². The highest BCUT2D eigenvalue weighted by Gasteiger charge is 2.35. The summed E-state index contributed by atoms with van der Waals surface area (Å²) in [4.78, 5) is 170. The Bertz CT molecular complexity index is 3050. The Hall–Kier alpha value is -10.1. The van der Waals surface area contributed by atoms with Crippen LogP contribution in [0.3, 0.4) is 0 Å². The number of aromatic nitrogens is 2. The maximum atomic E-state index is 14.3. The van der Waals surface area contributed by atoms with E-state index >= 15 is 0 Å². The van der Waals surface area contributed by atoms with Gasteiger partial charge in [-0.25, -0.2) is 4.98 Å². The number of amides is 9. The number of aromatic amines is 1. The Morgan fingerprint density at radius 1 is 0.523 bits per heavy atom. The van der Waals surface area contributed by atoms with Crippen molar-refractivity contribution in [2.24, 2.45) is 22.2 Å². The molecule has 20 N–H and O–H groups in total. The van der Waals surface area contributed by atoms with E-state index in [1.807, 2.05) is 0 Å². The second kappa shape index (κ2) is 36.7. The predicted octanol–water partition coefficient (Wildman–Crippen LogP) is -3.82. The number of nitrogens with one attached hydrogen (secondary N) is 10. The first-order valence-corrected chi connectivity index (χ1v) is 28.8. The topological polar surface area (TPSA) is 513 Å². The highest BCUT2D eigenvalue weighted by atomic mass is 32.2. The molecule has 0 saturated heterocycles. The fourth-order valence-corrected chi connectivity index (χ4v) is 8.90. The molecule has 4 aromatic rings. The molecular formula is C56H73N15O16S. The first kappa shape index (κ1) is 70.4. The third kappa shape index (κ3) is 26.0. The van der Waals surface area contributed by atoms with Crippen LogP contribution in [-0.4, -0.2) is 187 Å². The van der Waals surface area contributed by atoms with Gasteiger partial charge in [-0.1, -0.05) is 72.8 Å². The summed E-state index contributed by atoms with van der Waals surface area (Å²) >= 11 is 1.31. The number of carboxylic acid groups (broad SMARTS) is 3. The molecule has 88 heavy (non-hydrogen) atoms. The summed E-state index contributed by atoms with van der Waals surface area (Å²) < 4.78 is 0. The third-order valence-electron chi connectivity index (χ3n) is 12.9. The van der Waals surface area contributed by atoms with Gasteiger partial charge in [0.05, 0.1) is 31.8 Å². The zero-order valence-corrected chi connectivity index (χ0v) is 48.6. The third-order valence-corrected chi connectivity index (χ3v) is 13.5. The highest BCUT2D eigenvalue weighted by molar-refractivity contribution is 7.98. The lowest BCUT2D eigenvalue weighted by atomic mass is 10.0. The molecule has 31 nitrogen and oxygen atoms in total. The van der Waals surface area contributed by atoms with Crippen LogP contribution in [0.15, 0.2) is 102 Å². The van der Waals surface area contributed by atoms with Crippen molar-refractivity contribution in [2.75, 3.05) is 31.6 Å². The number of nitrogens with zero attached hydrogens (tertiary/aromatic N) is 2. The van der Waals surface area contributed by atoms with Crippen LogP contribution in [0.4, 0.5) is 0 Å². The number of aromatic hydroxyl groups is 1. The molecule has 1 aromatic heterocycles. The van der Waals surface area contributed by atoms with E-state index in [1.54, 1.807) is 66.9 Å². The number of nitrogens with two attached hydrogens (primary N) is 3. The fourth-order valence-electron chi connectivity index (χ4n) is 8.43. The zero-order chi connectivity index (χ0) is 64.7. The number of phenols is 1. The number of hydrogen-bond donors (Lipinski definition) is 17. The van der Waals surface area contributed by atoms with Crippen molar-refractivity contribution in [3.63, 3.8) is 0 Å². The first-order valence-electron chi connectivity index (χ1n) is 27.4. The van der Waals surface area contributed by atoms with Crippen LogP contribution in [0.25, 0.3) is 0 Å². The number of carbonyl (C=O) groups is 12. The highest BCUT2D eigenvalue weighted by Crippen LogP contribution is 2.14. The van der Waals surface area contributed by atoms with Crippen molar-refractivity contribution in [1.82, 2.24) is 57.8 Å². The second-order valence-corrected chi connectivity index (χ2v) is 20.9. The molecular weight excluding hydrogens is 1170 g/mol. The van der Waals surface area contributed by atoms with Crippen molar-refractivity contribution in [2.45, 2.75) is 106 Å². The number of aliphatic carboxylic acids is 3. The van der Waals surface area contributed by atoms with Crippen LogP contribution in [0, 0.1) is 0 Å². The fraction of sp³-hybridized carbons (Fsp3) is 0.393. The summed E-state index contributed by atoms with van der Waals surface area (Å²) in [6.45, 7) is -1.61. The molecule has 0 saturated carbocycles. The molecule has 0 unspecified atom stereocenters. The second-order valence-electron chi connectivity index (χ2n) is 19.9. The molecule has 4 rings (SSSR count). The Balaban J connectivity index is 1.54. The lowest BCUT2D eigenvalue weighted by Gasteiger charge is -2.26. The minimum atomic E-state index is -2.00. The van der Waals surface area contributed by atoms with Gasteiger partial charge in [-0.3, -0.25) is 62.5 Å². The van der Waals surface area contributed by atoms with Crippen LogP contribution in [-0.2, 0) is 83.2 Å². The van der Waals surface area contributed by atoms with Crippen LogP contribution in [0.1, 0.15) is 54.5 Å². The number of imidazole rings is 1. The van der Waals surface area contributed by atoms with Gasteiger partial charge in [-0.05, 0) is 66.5 Å². The van der Waals surface area contributed by atoms with E-state index in [9.17, 15) is 78.0 Å². The number of benzene rings is 3. The van der Waals surface area contributed by atoms with Gasteiger partial charge in [0, 0.05) is 37.7 Å². The lowest BCUT2D eigenvalue weighted by molar-refractivity contribution is -0.143. The molecule has 0 aliphatic carbocycles. The van der Waals surface area contributed by atoms with Crippen molar-refractivity contribution in [3.05, 3.63) is 120 Å². The number of phenolic OH excluding ortho intramolecular Hbond substituents is 1. The number of hydrogen-bond acceptors (Lipinski definition) is 17. The van der Waals surface area contributed by atoms with Gasteiger partial charge < -0.3 is 90.5 Å². The molecule has 3 aromatic carbocycles. The van der Waals surface area contributed by atoms with Crippen molar-refractivity contribution >= 4 is 88.8 Å². The van der Waals surface area contributed by atoms with Crippen molar-refractivity contribution in [3.8, 4) is 5.75 Å². The minimum Gasteiger partial charge on any atom is -0.508 e. The largest absolute Gasteiger partial charge is 0.508 e. The molecule has 0 spiro atoms.